The van der Waals surface area contributed by atoms with E-state index in [9.17, 15) is 24.6 Å². The molecule has 0 aliphatic heterocycles. The van der Waals surface area contributed by atoms with Crippen molar-refractivity contribution in [3.8, 4) is 11.5 Å². The summed E-state index contributed by atoms with van der Waals surface area (Å²) in [4.78, 5) is 34.9. The van der Waals surface area contributed by atoms with Crippen LogP contribution in [0.4, 0.5) is 0 Å². The van der Waals surface area contributed by atoms with Gasteiger partial charge in [0.05, 0.1) is 12.7 Å². The normalized spacial score (nSPS) is 10.2. The largest absolute Gasteiger partial charge is 0.508 e. The number of ketones is 1. The van der Waals surface area contributed by atoms with Crippen LogP contribution in [0.3, 0.4) is 0 Å². The van der Waals surface area contributed by atoms with E-state index in [1.54, 1.807) is 12.1 Å². The molecule has 0 fully saturated rings. The number of hydrogen-bond donors (Lipinski definition) is 2. The number of esters is 1. The Morgan fingerprint density at radius 1 is 1.08 bits per heavy atom. The summed E-state index contributed by atoms with van der Waals surface area (Å²) in [5.74, 6) is -1.63. The molecule has 0 aromatic heterocycles. The lowest BCUT2D eigenvalue weighted by molar-refractivity contribution is -0.140. The van der Waals surface area contributed by atoms with Gasteiger partial charge in [-0.3, -0.25) is 14.4 Å². The number of phenolic OH excluding ortho intramolecular Hbond substituents is 2. The molecule has 2 rings (SSSR count). The lowest BCUT2D eigenvalue weighted by atomic mass is 9.95. The Labute approximate surface area is 138 Å². The molecule has 0 aliphatic carbocycles. The molecule has 0 aliphatic rings. The number of hydrogen-bond acceptors (Lipinski definition) is 6. The SMILES string of the molecule is COC(=O)CCc1cc(C(=O)c2ccccc2C=O)c(O)cc1O. The van der Waals surface area contributed by atoms with Gasteiger partial charge in [0.2, 0.25) is 0 Å². The molecule has 6 heteroatoms. The van der Waals surface area contributed by atoms with Gasteiger partial charge in [-0.15, -0.1) is 0 Å². The minimum Gasteiger partial charge on any atom is -0.508 e. The Balaban J connectivity index is 2.40. The Hall–Kier alpha value is -3.15. The summed E-state index contributed by atoms with van der Waals surface area (Å²) in [6.45, 7) is 0. The van der Waals surface area contributed by atoms with E-state index >= 15 is 0 Å². The summed E-state index contributed by atoms with van der Waals surface area (Å²) < 4.78 is 4.54. The maximum Gasteiger partial charge on any atom is 0.305 e. The van der Waals surface area contributed by atoms with Crippen LogP contribution < -0.4 is 0 Å². The Bertz CT molecular complexity index is 794. The van der Waals surface area contributed by atoms with Crippen LogP contribution in [0.1, 0.15) is 38.3 Å². The number of methoxy groups -OCH3 is 1. The Morgan fingerprint density at radius 3 is 2.46 bits per heavy atom. The fraction of sp³-hybridized carbons (Fsp3) is 0.167. The third-order valence-electron chi connectivity index (χ3n) is 3.60. The first kappa shape index (κ1) is 17.2. The lowest BCUT2D eigenvalue weighted by Crippen LogP contribution is -2.07. The molecule has 2 aromatic rings. The number of benzene rings is 2. The molecule has 124 valence electrons. The van der Waals surface area contributed by atoms with Crippen molar-refractivity contribution in [2.75, 3.05) is 7.11 Å². The van der Waals surface area contributed by atoms with E-state index in [2.05, 4.69) is 4.74 Å². The van der Waals surface area contributed by atoms with Gasteiger partial charge in [-0.25, -0.2) is 0 Å². The van der Waals surface area contributed by atoms with Crippen LogP contribution in [0, 0.1) is 0 Å². The minimum absolute atomic E-state index is 0.0212. The van der Waals surface area contributed by atoms with E-state index in [1.807, 2.05) is 0 Å². The summed E-state index contributed by atoms with van der Waals surface area (Å²) in [5, 5.41) is 19.8. The van der Waals surface area contributed by atoms with Crippen LogP contribution in [-0.4, -0.2) is 35.4 Å². The van der Waals surface area contributed by atoms with Gasteiger partial charge >= 0.3 is 5.97 Å². The molecule has 0 radical (unpaired) electrons. The summed E-state index contributed by atoms with van der Waals surface area (Å²) in [6, 6.07) is 8.57. The molecule has 0 saturated heterocycles. The average Bonchev–Trinajstić information content (AvgIpc) is 2.60. The average molecular weight is 328 g/mol. The van der Waals surface area contributed by atoms with Gasteiger partial charge < -0.3 is 14.9 Å². The highest BCUT2D eigenvalue weighted by atomic mass is 16.5. The van der Waals surface area contributed by atoms with Gasteiger partial charge in [-0.2, -0.15) is 0 Å². The second kappa shape index (κ2) is 7.41. The highest BCUT2D eigenvalue weighted by molar-refractivity contribution is 6.14. The zero-order valence-electron chi connectivity index (χ0n) is 13.0. The van der Waals surface area contributed by atoms with Crippen molar-refractivity contribution in [2.45, 2.75) is 12.8 Å². The number of rotatable bonds is 6. The van der Waals surface area contributed by atoms with Crippen molar-refractivity contribution in [3.05, 3.63) is 58.7 Å². The maximum absolute atomic E-state index is 12.6. The molecule has 6 nitrogen and oxygen atoms in total. The van der Waals surface area contributed by atoms with Gasteiger partial charge in [0.1, 0.15) is 11.5 Å². The third kappa shape index (κ3) is 3.60. The first-order valence-electron chi connectivity index (χ1n) is 7.18. The monoisotopic (exact) mass is 328 g/mol. The molecule has 2 N–H and O–H groups in total. The molecule has 24 heavy (non-hydrogen) atoms. The minimum atomic E-state index is -0.547. The van der Waals surface area contributed by atoms with Gasteiger partial charge in [0.15, 0.2) is 12.1 Å². The number of phenols is 2. The van der Waals surface area contributed by atoms with E-state index in [0.717, 1.165) is 6.07 Å². The molecule has 0 heterocycles. The predicted octanol–water partition coefficient (Wildman–Crippen LogP) is 2.25. The summed E-state index contributed by atoms with van der Waals surface area (Å²) in [7, 11) is 1.25. The van der Waals surface area contributed by atoms with Crippen molar-refractivity contribution >= 4 is 18.0 Å². The molecule has 0 atom stereocenters. The standard InChI is InChI=1S/C18H16O6/c1-24-17(22)7-6-11-8-14(16(21)9-15(11)20)18(23)13-5-3-2-4-12(13)10-19/h2-5,8-10,20-21H,6-7H2,1H3. The highest BCUT2D eigenvalue weighted by Gasteiger charge is 2.19. The van der Waals surface area contributed by atoms with E-state index in [0.29, 0.717) is 11.8 Å². The van der Waals surface area contributed by atoms with Crippen LogP contribution in [0.2, 0.25) is 0 Å². The molecule has 0 saturated carbocycles. The Morgan fingerprint density at radius 2 is 1.79 bits per heavy atom. The van der Waals surface area contributed by atoms with Gasteiger partial charge in [-0.1, -0.05) is 24.3 Å². The van der Waals surface area contributed by atoms with Crippen molar-refractivity contribution in [1.29, 1.82) is 0 Å². The summed E-state index contributed by atoms with van der Waals surface area (Å²) in [5.41, 5.74) is 0.616. The molecule has 0 bridgehead atoms. The van der Waals surface area contributed by atoms with Crippen LogP contribution in [0.15, 0.2) is 36.4 Å². The van der Waals surface area contributed by atoms with Crippen LogP contribution in [-0.2, 0) is 16.0 Å². The summed E-state index contributed by atoms with van der Waals surface area (Å²) in [6.07, 6.45) is 0.727. The maximum atomic E-state index is 12.6. The van der Waals surface area contributed by atoms with Crippen molar-refractivity contribution in [3.63, 3.8) is 0 Å². The number of ether oxygens (including phenoxy) is 1. The third-order valence-corrected chi connectivity index (χ3v) is 3.60. The molecule has 0 unspecified atom stereocenters. The predicted molar refractivity (Wildman–Crippen MR) is 85.4 cm³/mol. The molecule has 2 aromatic carbocycles. The number of aldehydes is 1. The quantitative estimate of drug-likeness (QED) is 0.479. The number of aromatic hydroxyl groups is 2. The second-order valence-electron chi connectivity index (χ2n) is 5.11. The summed E-state index contributed by atoms with van der Waals surface area (Å²) >= 11 is 0. The number of aryl methyl sites for hydroxylation is 1. The first-order valence-corrected chi connectivity index (χ1v) is 7.18. The fourth-order valence-corrected chi connectivity index (χ4v) is 2.29. The molecule has 0 spiro atoms. The van der Waals surface area contributed by atoms with E-state index in [4.69, 9.17) is 0 Å². The topological polar surface area (TPSA) is 101 Å². The Kier molecular flexibility index (Phi) is 5.31. The smallest absolute Gasteiger partial charge is 0.305 e. The lowest BCUT2D eigenvalue weighted by Gasteiger charge is -2.10. The van der Waals surface area contributed by atoms with Crippen molar-refractivity contribution < 1.29 is 29.3 Å². The highest BCUT2D eigenvalue weighted by Crippen LogP contribution is 2.30. The van der Waals surface area contributed by atoms with Gasteiger partial charge in [0.25, 0.3) is 0 Å². The van der Waals surface area contributed by atoms with Crippen LogP contribution >= 0.6 is 0 Å². The van der Waals surface area contributed by atoms with Gasteiger partial charge in [-0.05, 0) is 18.1 Å². The van der Waals surface area contributed by atoms with E-state index in [-0.39, 0.29) is 35.3 Å². The van der Waals surface area contributed by atoms with E-state index in [1.165, 1.54) is 25.3 Å². The van der Waals surface area contributed by atoms with Crippen molar-refractivity contribution in [2.24, 2.45) is 0 Å². The van der Waals surface area contributed by atoms with E-state index < -0.39 is 17.5 Å². The number of carbonyl (C=O) groups is 3. The first-order chi connectivity index (χ1) is 11.5. The van der Waals surface area contributed by atoms with Crippen molar-refractivity contribution in [1.82, 2.24) is 0 Å². The molecular weight excluding hydrogens is 312 g/mol. The number of carbonyl (C=O) groups excluding carboxylic acids is 3. The zero-order chi connectivity index (χ0) is 17.7. The van der Waals surface area contributed by atoms with Crippen LogP contribution in [0.5, 0.6) is 11.5 Å². The second-order valence-corrected chi connectivity index (χ2v) is 5.11. The molecular formula is C18H16O6. The van der Waals surface area contributed by atoms with Gasteiger partial charge in [0, 0.05) is 23.6 Å². The zero-order valence-corrected chi connectivity index (χ0v) is 13.0. The van der Waals surface area contributed by atoms with Crippen LogP contribution in [0.25, 0.3) is 0 Å². The fourth-order valence-electron chi connectivity index (χ4n) is 2.29. The molecule has 0 amide bonds.